The molecule has 10 heteroatoms. The van der Waals surface area contributed by atoms with E-state index in [0.29, 0.717) is 29.0 Å². The van der Waals surface area contributed by atoms with Crippen molar-refractivity contribution in [2.24, 2.45) is 0 Å². The maximum absolute atomic E-state index is 13.4. The van der Waals surface area contributed by atoms with Gasteiger partial charge in [0.05, 0.1) is 41.9 Å². The highest BCUT2D eigenvalue weighted by atomic mass is 16.5. The fourth-order valence-corrected chi connectivity index (χ4v) is 4.87. The zero-order chi connectivity index (χ0) is 26.1. The minimum atomic E-state index is -0.580. The SMILES string of the molecule is CC(C)n1c(=O)c2cc(OCCCN3CCOCC3)ccc2n(CN2C(=O)c3ccccc3C2=O)c1=O. The molecule has 1 saturated heterocycles. The van der Waals surface area contributed by atoms with Crippen LogP contribution >= 0.6 is 0 Å². The molecule has 194 valence electrons. The number of hydrogen-bond acceptors (Lipinski definition) is 7. The van der Waals surface area contributed by atoms with Crippen molar-refractivity contribution in [1.82, 2.24) is 18.9 Å². The molecule has 2 amide bonds. The van der Waals surface area contributed by atoms with Crippen molar-refractivity contribution in [3.8, 4) is 5.75 Å². The van der Waals surface area contributed by atoms with Crippen molar-refractivity contribution in [2.45, 2.75) is 33.0 Å². The molecule has 0 unspecified atom stereocenters. The summed E-state index contributed by atoms with van der Waals surface area (Å²) < 4.78 is 13.7. The van der Waals surface area contributed by atoms with E-state index in [1.165, 1.54) is 4.57 Å². The van der Waals surface area contributed by atoms with Crippen LogP contribution in [0, 0.1) is 0 Å². The smallest absolute Gasteiger partial charge is 0.333 e. The first kappa shape index (κ1) is 24.9. The van der Waals surface area contributed by atoms with Crippen LogP contribution in [0.1, 0.15) is 47.0 Å². The number of aromatic nitrogens is 2. The molecular weight excluding hydrogens is 476 g/mol. The fraction of sp³-hybridized carbons (Fsp3) is 0.407. The zero-order valence-electron chi connectivity index (χ0n) is 21.0. The number of nitrogens with zero attached hydrogens (tertiary/aromatic N) is 4. The number of ether oxygens (including phenoxy) is 2. The summed E-state index contributed by atoms with van der Waals surface area (Å²) in [5.74, 6) is -0.417. The van der Waals surface area contributed by atoms with Crippen LogP contribution < -0.4 is 16.0 Å². The Bertz CT molecular complexity index is 1430. The van der Waals surface area contributed by atoms with E-state index in [4.69, 9.17) is 9.47 Å². The van der Waals surface area contributed by atoms with Gasteiger partial charge >= 0.3 is 5.69 Å². The summed E-state index contributed by atoms with van der Waals surface area (Å²) in [5, 5.41) is 0.288. The third kappa shape index (κ3) is 4.70. The molecule has 0 spiro atoms. The lowest BCUT2D eigenvalue weighted by Crippen LogP contribution is -2.44. The topological polar surface area (TPSA) is 103 Å². The second-order valence-corrected chi connectivity index (χ2v) is 9.54. The van der Waals surface area contributed by atoms with E-state index in [2.05, 4.69) is 4.90 Å². The molecule has 0 bridgehead atoms. The molecule has 0 atom stereocenters. The number of morpholine rings is 1. The van der Waals surface area contributed by atoms with Crippen LogP contribution in [0.3, 0.4) is 0 Å². The Morgan fingerprint density at radius 3 is 2.27 bits per heavy atom. The summed E-state index contributed by atoms with van der Waals surface area (Å²) in [4.78, 5) is 56.0. The third-order valence-electron chi connectivity index (χ3n) is 6.81. The van der Waals surface area contributed by atoms with Gasteiger partial charge in [0.1, 0.15) is 12.4 Å². The summed E-state index contributed by atoms with van der Waals surface area (Å²) in [7, 11) is 0. The molecule has 0 saturated carbocycles. The first-order valence-electron chi connectivity index (χ1n) is 12.5. The highest BCUT2D eigenvalue weighted by Crippen LogP contribution is 2.24. The van der Waals surface area contributed by atoms with E-state index in [-0.39, 0.29) is 12.1 Å². The first-order valence-corrected chi connectivity index (χ1v) is 12.5. The monoisotopic (exact) mass is 506 g/mol. The van der Waals surface area contributed by atoms with Crippen molar-refractivity contribution in [3.63, 3.8) is 0 Å². The predicted molar refractivity (Wildman–Crippen MR) is 137 cm³/mol. The Morgan fingerprint density at radius 1 is 0.946 bits per heavy atom. The van der Waals surface area contributed by atoms with Gasteiger partial charge in [0.2, 0.25) is 0 Å². The van der Waals surface area contributed by atoms with E-state index in [1.807, 2.05) is 0 Å². The number of carbonyl (C=O) groups is 2. The molecule has 0 aliphatic carbocycles. The highest BCUT2D eigenvalue weighted by molar-refractivity contribution is 6.21. The van der Waals surface area contributed by atoms with Gasteiger partial charge in [0, 0.05) is 25.7 Å². The zero-order valence-corrected chi connectivity index (χ0v) is 21.0. The largest absolute Gasteiger partial charge is 0.494 e. The lowest BCUT2D eigenvalue weighted by Gasteiger charge is -2.26. The number of benzene rings is 2. The maximum Gasteiger partial charge on any atom is 0.333 e. The molecule has 3 heterocycles. The van der Waals surface area contributed by atoms with E-state index in [1.54, 1.807) is 56.3 Å². The molecule has 5 rings (SSSR count). The van der Waals surface area contributed by atoms with Crippen LogP contribution in [-0.2, 0) is 11.4 Å². The van der Waals surface area contributed by atoms with Gasteiger partial charge < -0.3 is 9.47 Å². The van der Waals surface area contributed by atoms with Gasteiger partial charge in [-0.1, -0.05) is 12.1 Å². The molecule has 1 fully saturated rings. The molecule has 2 aromatic carbocycles. The van der Waals surface area contributed by atoms with E-state index in [9.17, 15) is 19.2 Å². The summed E-state index contributed by atoms with van der Waals surface area (Å²) in [6, 6.07) is 11.1. The first-order chi connectivity index (χ1) is 17.9. The number of amides is 2. The van der Waals surface area contributed by atoms with Gasteiger partial charge in [0.15, 0.2) is 0 Å². The van der Waals surface area contributed by atoms with Crippen LogP contribution in [0.2, 0.25) is 0 Å². The van der Waals surface area contributed by atoms with Crippen LogP contribution in [0.15, 0.2) is 52.1 Å². The Morgan fingerprint density at radius 2 is 1.62 bits per heavy atom. The normalized spacial score (nSPS) is 16.1. The number of rotatable bonds is 8. The van der Waals surface area contributed by atoms with Gasteiger partial charge in [-0.3, -0.25) is 33.3 Å². The molecular formula is C27H30N4O6. The Balaban J connectivity index is 1.44. The van der Waals surface area contributed by atoms with Crippen molar-refractivity contribution in [1.29, 1.82) is 0 Å². The second-order valence-electron chi connectivity index (χ2n) is 9.54. The van der Waals surface area contributed by atoms with Gasteiger partial charge in [-0.2, -0.15) is 0 Å². The minimum absolute atomic E-state index is 0.288. The van der Waals surface area contributed by atoms with Crippen molar-refractivity contribution in [3.05, 3.63) is 74.4 Å². The summed E-state index contributed by atoms with van der Waals surface area (Å²) in [5.41, 5.74) is -0.0793. The van der Waals surface area contributed by atoms with E-state index < -0.39 is 29.1 Å². The number of fused-ring (bicyclic) bond motifs is 2. The molecule has 1 aromatic heterocycles. The minimum Gasteiger partial charge on any atom is -0.494 e. The maximum atomic E-state index is 13.4. The Labute approximate surface area is 213 Å². The van der Waals surface area contributed by atoms with Crippen molar-refractivity contribution < 1.29 is 19.1 Å². The summed E-state index contributed by atoms with van der Waals surface area (Å²) in [6.45, 7) is 7.89. The number of imide groups is 1. The molecule has 10 nitrogen and oxygen atoms in total. The Hall–Kier alpha value is -3.76. The van der Waals surface area contributed by atoms with E-state index in [0.717, 1.165) is 48.7 Å². The quantitative estimate of drug-likeness (QED) is 0.341. The fourth-order valence-electron chi connectivity index (χ4n) is 4.87. The van der Waals surface area contributed by atoms with Gasteiger partial charge in [-0.25, -0.2) is 4.79 Å². The molecule has 2 aliphatic heterocycles. The van der Waals surface area contributed by atoms with Crippen molar-refractivity contribution in [2.75, 3.05) is 39.5 Å². The number of hydrogen-bond donors (Lipinski definition) is 0. The molecule has 37 heavy (non-hydrogen) atoms. The Kier molecular flexibility index (Phi) is 6.94. The lowest BCUT2D eigenvalue weighted by atomic mass is 10.1. The van der Waals surface area contributed by atoms with Crippen LogP contribution in [0.25, 0.3) is 10.9 Å². The molecule has 3 aromatic rings. The van der Waals surface area contributed by atoms with Gasteiger partial charge in [-0.05, 0) is 50.6 Å². The highest BCUT2D eigenvalue weighted by Gasteiger charge is 2.36. The van der Waals surface area contributed by atoms with Crippen LogP contribution in [0.5, 0.6) is 5.75 Å². The van der Waals surface area contributed by atoms with E-state index >= 15 is 0 Å². The lowest BCUT2D eigenvalue weighted by molar-refractivity contribution is 0.0358. The standard InChI is InChI=1S/C27H30N4O6/c1-18(2)31-26(34)22-16-19(37-13-5-10-28-11-14-36-15-12-28)8-9-23(22)29(27(31)35)17-30-24(32)20-6-3-4-7-21(20)25(30)33/h3-4,6-9,16,18H,5,10-15,17H2,1-2H3. The van der Waals surface area contributed by atoms with Gasteiger partial charge in [-0.15, -0.1) is 0 Å². The second kappa shape index (κ2) is 10.3. The third-order valence-corrected chi connectivity index (χ3v) is 6.81. The number of carbonyl (C=O) groups excluding carboxylic acids is 2. The molecule has 0 radical (unpaired) electrons. The van der Waals surface area contributed by atoms with Crippen molar-refractivity contribution >= 4 is 22.7 Å². The molecule has 2 aliphatic rings. The molecule has 0 N–H and O–H groups in total. The van der Waals surface area contributed by atoms with Crippen LogP contribution in [0.4, 0.5) is 0 Å². The van der Waals surface area contributed by atoms with Gasteiger partial charge in [0.25, 0.3) is 17.4 Å². The summed E-state index contributed by atoms with van der Waals surface area (Å²) in [6.07, 6.45) is 0.827. The average molecular weight is 507 g/mol. The predicted octanol–water partition coefficient (Wildman–Crippen LogP) is 2.10. The average Bonchev–Trinajstić information content (AvgIpc) is 3.14. The van der Waals surface area contributed by atoms with Crippen LogP contribution in [-0.4, -0.2) is 70.2 Å². The summed E-state index contributed by atoms with van der Waals surface area (Å²) >= 11 is 0.